The van der Waals surface area contributed by atoms with Gasteiger partial charge >= 0.3 is 0 Å². The van der Waals surface area contributed by atoms with E-state index in [9.17, 15) is 4.79 Å². The molecule has 9 nitrogen and oxygen atoms in total. The van der Waals surface area contributed by atoms with Crippen molar-refractivity contribution in [3.05, 3.63) is 23.5 Å². The van der Waals surface area contributed by atoms with Crippen LogP contribution in [0, 0.1) is 13.8 Å². The number of aryl methyl sites for hydroxylation is 2. The minimum atomic E-state index is -0.0942. The van der Waals surface area contributed by atoms with Crippen LogP contribution in [0.25, 0.3) is 0 Å². The molecule has 0 aromatic carbocycles. The first-order chi connectivity index (χ1) is 11.5. The summed E-state index contributed by atoms with van der Waals surface area (Å²) in [6.07, 6.45) is 1.00. The molecule has 0 saturated carbocycles. The maximum atomic E-state index is 12.1. The molecule has 0 radical (unpaired) electrons. The third kappa shape index (κ3) is 4.18. The van der Waals surface area contributed by atoms with Crippen molar-refractivity contribution in [2.45, 2.75) is 32.9 Å². The first-order valence-electron chi connectivity index (χ1n) is 7.94. The van der Waals surface area contributed by atoms with Crippen LogP contribution in [0.3, 0.4) is 0 Å². The molecule has 3 rings (SSSR count). The number of likely N-dealkylation sites (tertiary alicyclic amines) is 1. The van der Waals surface area contributed by atoms with Gasteiger partial charge < -0.3 is 9.05 Å². The molecule has 130 valence electrons. The van der Waals surface area contributed by atoms with E-state index >= 15 is 0 Å². The second-order valence-electron chi connectivity index (χ2n) is 6.20. The largest absolute Gasteiger partial charge is 0.340 e. The van der Waals surface area contributed by atoms with Crippen molar-refractivity contribution in [3.8, 4) is 0 Å². The molecule has 1 saturated heterocycles. The minimum absolute atomic E-state index is 0.0942. The second-order valence-corrected chi connectivity index (χ2v) is 6.20. The fourth-order valence-corrected chi connectivity index (χ4v) is 2.88. The van der Waals surface area contributed by atoms with Crippen molar-refractivity contribution in [2.24, 2.45) is 0 Å². The Labute approximate surface area is 140 Å². The molecule has 1 amide bonds. The standard InChI is InChI=1S/C15H22N6O3/c1-10-6-15(24-18-10)17-14(22)9-21-5-4-12(7-21)20(3)8-13-16-11(2)23-19-13/h6,12H,4-5,7-9H2,1-3H3,(H,17,22)/t12-/m0/s1. The number of aromatic nitrogens is 3. The van der Waals surface area contributed by atoms with E-state index in [1.54, 1.807) is 13.0 Å². The van der Waals surface area contributed by atoms with E-state index in [-0.39, 0.29) is 5.91 Å². The molecule has 2 aromatic heterocycles. The predicted molar refractivity (Wildman–Crippen MR) is 85.2 cm³/mol. The van der Waals surface area contributed by atoms with Gasteiger partial charge in [-0.05, 0) is 20.4 Å². The number of hydrogen-bond donors (Lipinski definition) is 1. The molecular formula is C15H22N6O3. The maximum absolute atomic E-state index is 12.1. The summed E-state index contributed by atoms with van der Waals surface area (Å²) in [5.41, 5.74) is 0.741. The van der Waals surface area contributed by atoms with Gasteiger partial charge in [-0.15, -0.1) is 0 Å². The lowest BCUT2D eigenvalue weighted by molar-refractivity contribution is -0.117. The molecule has 0 unspecified atom stereocenters. The van der Waals surface area contributed by atoms with E-state index in [1.165, 1.54) is 0 Å². The molecule has 0 bridgehead atoms. The number of likely N-dealkylation sites (N-methyl/N-ethyl adjacent to an activating group) is 1. The zero-order valence-electron chi connectivity index (χ0n) is 14.2. The van der Waals surface area contributed by atoms with E-state index < -0.39 is 0 Å². The highest BCUT2D eigenvalue weighted by Gasteiger charge is 2.27. The summed E-state index contributed by atoms with van der Waals surface area (Å²) < 4.78 is 9.99. The van der Waals surface area contributed by atoms with Crippen LogP contribution in [-0.2, 0) is 11.3 Å². The van der Waals surface area contributed by atoms with E-state index in [2.05, 4.69) is 30.4 Å². The molecule has 2 aromatic rings. The van der Waals surface area contributed by atoms with Crippen molar-refractivity contribution >= 4 is 11.8 Å². The van der Waals surface area contributed by atoms with Crippen molar-refractivity contribution in [1.29, 1.82) is 0 Å². The molecular weight excluding hydrogens is 312 g/mol. The Hall–Kier alpha value is -2.26. The SMILES string of the molecule is Cc1cc(NC(=O)CN2CC[C@H](N(C)Cc3noc(C)n3)C2)on1. The Morgan fingerprint density at radius 3 is 2.92 bits per heavy atom. The Morgan fingerprint density at radius 1 is 1.42 bits per heavy atom. The van der Waals surface area contributed by atoms with E-state index in [1.807, 2.05) is 14.0 Å². The molecule has 24 heavy (non-hydrogen) atoms. The fraction of sp³-hybridized carbons (Fsp3) is 0.600. The minimum Gasteiger partial charge on any atom is -0.340 e. The Morgan fingerprint density at radius 2 is 2.25 bits per heavy atom. The van der Waals surface area contributed by atoms with Crippen molar-refractivity contribution in [2.75, 3.05) is 32.0 Å². The van der Waals surface area contributed by atoms with Crippen LogP contribution in [0.2, 0.25) is 0 Å². The number of rotatable bonds is 6. The summed E-state index contributed by atoms with van der Waals surface area (Å²) in [4.78, 5) is 20.6. The number of anilines is 1. The summed E-state index contributed by atoms with van der Waals surface area (Å²) in [6.45, 7) is 6.28. The van der Waals surface area contributed by atoms with E-state index in [0.29, 0.717) is 36.7 Å². The number of hydrogen-bond acceptors (Lipinski definition) is 8. The molecule has 0 aliphatic carbocycles. The molecule has 1 N–H and O–H groups in total. The molecule has 1 atom stereocenters. The van der Waals surface area contributed by atoms with Crippen molar-refractivity contribution in [1.82, 2.24) is 25.1 Å². The van der Waals surface area contributed by atoms with E-state index in [4.69, 9.17) is 9.05 Å². The predicted octanol–water partition coefficient (Wildman–Crippen LogP) is 0.819. The van der Waals surface area contributed by atoms with Gasteiger partial charge in [-0.2, -0.15) is 4.98 Å². The lowest BCUT2D eigenvalue weighted by atomic mass is 10.2. The highest BCUT2D eigenvalue weighted by Crippen LogP contribution is 2.16. The smallest absolute Gasteiger partial charge is 0.240 e. The maximum Gasteiger partial charge on any atom is 0.240 e. The van der Waals surface area contributed by atoms with Crippen LogP contribution in [-0.4, -0.2) is 63.7 Å². The van der Waals surface area contributed by atoms with Gasteiger partial charge in [-0.3, -0.25) is 19.9 Å². The number of nitrogens with one attached hydrogen (secondary N) is 1. The lowest BCUT2D eigenvalue weighted by Crippen LogP contribution is -2.37. The van der Waals surface area contributed by atoms with Gasteiger partial charge in [-0.1, -0.05) is 10.3 Å². The van der Waals surface area contributed by atoms with Crippen LogP contribution in [0.15, 0.2) is 15.1 Å². The Bertz CT molecular complexity index is 697. The molecule has 1 fully saturated rings. The quantitative estimate of drug-likeness (QED) is 0.828. The molecule has 0 spiro atoms. The highest BCUT2D eigenvalue weighted by molar-refractivity contribution is 5.90. The fourth-order valence-electron chi connectivity index (χ4n) is 2.88. The summed E-state index contributed by atoms with van der Waals surface area (Å²) in [6, 6.07) is 2.06. The van der Waals surface area contributed by atoms with Crippen LogP contribution in [0.5, 0.6) is 0 Å². The normalized spacial score (nSPS) is 18.4. The van der Waals surface area contributed by atoms with Gasteiger partial charge in [0, 0.05) is 32.1 Å². The van der Waals surface area contributed by atoms with Gasteiger partial charge in [0.1, 0.15) is 0 Å². The molecule has 1 aliphatic rings. The Balaban J connectivity index is 1.45. The zero-order valence-corrected chi connectivity index (χ0v) is 14.2. The van der Waals surface area contributed by atoms with Gasteiger partial charge in [0.25, 0.3) is 0 Å². The first kappa shape index (κ1) is 16.6. The molecule has 1 aliphatic heterocycles. The van der Waals surface area contributed by atoms with Crippen LogP contribution in [0.4, 0.5) is 5.88 Å². The van der Waals surface area contributed by atoms with Gasteiger partial charge in [0.15, 0.2) is 5.82 Å². The zero-order chi connectivity index (χ0) is 17.1. The number of amides is 1. The van der Waals surface area contributed by atoms with Crippen LogP contribution in [0.1, 0.15) is 23.8 Å². The Kier molecular flexibility index (Phi) is 4.91. The first-order valence-corrected chi connectivity index (χ1v) is 7.94. The topological polar surface area (TPSA) is 101 Å². The summed E-state index contributed by atoms with van der Waals surface area (Å²) in [5, 5.41) is 10.4. The number of carbonyl (C=O) groups excluding carboxylic acids is 1. The second kappa shape index (κ2) is 7.10. The van der Waals surface area contributed by atoms with E-state index in [0.717, 1.165) is 25.2 Å². The summed E-state index contributed by atoms with van der Waals surface area (Å²) >= 11 is 0. The molecule has 3 heterocycles. The highest BCUT2D eigenvalue weighted by atomic mass is 16.5. The lowest BCUT2D eigenvalue weighted by Gasteiger charge is -2.23. The van der Waals surface area contributed by atoms with Gasteiger partial charge in [0.05, 0.1) is 18.8 Å². The third-order valence-corrected chi connectivity index (χ3v) is 4.09. The number of nitrogens with zero attached hydrogens (tertiary/aromatic N) is 5. The summed E-state index contributed by atoms with van der Waals surface area (Å²) in [5.74, 6) is 1.55. The van der Waals surface area contributed by atoms with Crippen molar-refractivity contribution in [3.63, 3.8) is 0 Å². The van der Waals surface area contributed by atoms with Crippen LogP contribution < -0.4 is 5.32 Å². The van der Waals surface area contributed by atoms with Crippen molar-refractivity contribution < 1.29 is 13.8 Å². The molecule has 9 heteroatoms. The average Bonchev–Trinajstić information content (AvgIpc) is 3.22. The third-order valence-electron chi connectivity index (χ3n) is 4.09. The number of carbonyl (C=O) groups is 1. The van der Waals surface area contributed by atoms with Gasteiger partial charge in [-0.25, -0.2) is 0 Å². The average molecular weight is 334 g/mol. The van der Waals surface area contributed by atoms with Gasteiger partial charge in [0.2, 0.25) is 17.7 Å². The monoisotopic (exact) mass is 334 g/mol. The summed E-state index contributed by atoms with van der Waals surface area (Å²) in [7, 11) is 2.04. The van der Waals surface area contributed by atoms with Crippen LogP contribution >= 0.6 is 0 Å².